The lowest BCUT2D eigenvalue weighted by molar-refractivity contribution is 0.105. The number of Topliss-reactive ketones (excluding diaryl/α,β-unsaturated/α-hetero) is 1. The lowest BCUT2D eigenvalue weighted by atomic mass is 9.91. The highest BCUT2D eigenvalue weighted by Crippen LogP contribution is 2.29. The molecule has 0 unspecified atom stereocenters. The molecule has 3 heteroatoms. The number of methoxy groups -OCH3 is 1. The predicted molar refractivity (Wildman–Crippen MR) is 106 cm³/mol. The van der Waals surface area contributed by atoms with Crippen LogP contribution in [-0.2, 0) is 0 Å². The van der Waals surface area contributed by atoms with Gasteiger partial charge in [-0.2, -0.15) is 0 Å². The van der Waals surface area contributed by atoms with Gasteiger partial charge in [-0.25, -0.2) is 0 Å². The van der Waals surface area contributed by atoms with Gasteiger partial charge in [0.25, 0.3) is 0 Å². The average Bonchev–Trinajstić information content (AvgIpc) is 2.61. The molecule has 0 aromatic heterocycles. The van der Waals surface area contributed by atoms with Crippen molar-refractivity contribution in [1.29, 1.82) is 0 Å². The van der Waals surface area contributed by atoms with E-state index >= 15 is 0 Å². The number of ketones is 1. The van der Waals surface area contributed by atoms with Crippen LogP contribution in [0.3, 0.4) is 0 Å². The van der Waals surface area contributed by atoms with E-state index in [1.54, 1.807) is 7.11 Å². The van der Waals surface area contributed by atoms with Gasteiger partial charge in [-0.3, -0.25) is 4.79 Å². The molecule has 25 heavy (non-hydrogen) atoms. The average molecular weight is 337 g/mol. The van der Waals surface area contributed by atoms with E-state index in [2.05, 4.69) is 31.5 Å². The van der Waals surface area contributed by atoms with Crippen LogP contribution >= 0.6 is 0 Å². The van der Waals surface area contributed by atoms with Crippen molar-refractivity contribution >= 4 is 17.0 Å². The normalized spacial score (nSPS) is 10.4. The van der Waals surface area contributed by atoms with Gasteiger partial charge in [0.2, 0.25) is 0 Å². The van der Waals surface area contributed by atoms with E-state index in [-0.39, 0.29) is 5.78 Å². The predicted octanol–water partition coefficient (Wildman–Crippen LogP) is 5.05. The van der Waals surface area contributed by atoms with Gasteiger partial charge in [-0.1, -0.05) is 31.7 Å². The van der Waals surface area contributed by atoms with Crippen LogP contribution in [0.4, 0.5) is 5.69 Å². The number of anilines is 1. The number of aryl methyl sites for hydroxylation is 1. The van der Waals surface area contributed by atoms with Crippen molar-refractivity contribution in [3.8, 4) is 5.75 Å². The maximum absolute atomic E-state index is 13.1. The molecule has 0 saturated heterocycles. The number of allylic oxidation sites excluding steroid dienone is 1. The van der Waals surface area contributed by atoms with Crippen molar-refractivity contribution in [3.63, 3.8) is 0 Å². The molecule has 0 spiro atoms. The van der Waals surface area contributed by atoms with Gasteiger partial charge in [0.15, 0.2) is 5.78 Å². The maximum atomic E-state index is 13.1. The molecule has 0 fully saturated rings. The molecule has 0 aliphatic rings. The number of hydrogen-bond donors (Lipinski definition) is 0. The summed E-state index contributed by atoms with van der Waals surface area (Å²) in [5.41, 5.74) is 5.15. The van der Waals surface area contributed by atoms with Crippen molar-refractivity contribution in [2.75, 3.05) is 25.6 Å². The Labute approximate surface area is 150 Å². The first-order chi connectivity index (χ1) is 11.9. The molecule has 2 rings (SSSR count). The molecule has 0 aliphatic carbocycles. The van der Waals surface area contributed by atoms with Crippen molar-refractivity contribution < 1.29 is 9.53 Å². The highest BCUT2D eigenvalue weighted by molar-refractivity contribution is 6.29. The van der Waals surface area contributed by atoms with Crippen LogP contribution < -0.4 is 9.64 Å². The highest BCUT2D eigenvalue weighted by Gasteiger charge is 2.20. The number of benzene rings is 2. The second-order valence-electron chi connectivity index (χ2n) is 6.36. The van der Waals surface area contributed by atoms with E-state index in [4.69, 9.17) is 4.74 Å². The third-order valence-electron chi connectivity index (χ3n) is 4.55. The van der Waals surface area contributed by atoms with E-state index in [0.29, 0.717) is 5.57 Å². The smallest absolute Gasteiger partial charge is 0.193 e. The van der Waals surface area contributed by atoms with Crippen LogP contribution in [0, 0.1) is 13.8 Å². The fourth-order valence-electron chi connectivity index (χ4n) is 3.13. The lowest BCUT2D eigenvalue weighted by Gasteiger charge is -2.23. The molecule has 0 atom stereocenters. The summed E-state index contributed by atoms with van der Waals surface area (Å²) < 4.78 is 5.18. The Morgan fingerprint density at radius 2 is 1.76 bits per heavy atom. The highest BCUT2D eigenvalue weighted by atomic mass is 16.5. The third kappa shape index (κ3) is 3.93. The molecule has 3 nitrogen and oxygen atoms in total. The van der Waals surface area contributed by atoms with E-state index in [1.807, 2.05) is 44.2 Å². The number of nitrogens with zero attached hydrogens (tertiary/aromatic N) is 1. The van der Waals surface area contributed by atoms with E-state index < -0.39 is 0 Å². The Kier molecular flexibility index (Phi) is 6.02. The summed E-state index contributed by atoms with van der Waals surface area (Å²) in [6.07, 6.45) is 1.06. The standard InChI is InChI=1S/C22H27NO2/c1-7-14-23(5)20-13-8-15(2)21(17(20)4)22(24)16(3)18-9-11-19(25-6)12-10-18/h8-13H,3,7,14H2,1-2,4-6H3. The molecule has 0 aliphatic heterocycles. The molecule has 0 N–H and O–H groups in total. The monoisotopic (exact) mass is 337 g/mol. The van der Waals surface area contributed by atoms with Crippen LogP contribution in [0.2, 0.25) is 0 Å². The first-order valence-corrected chi connectivity index (χ1v) is 8.60. The lowest BCUT2D eigenvalue weighted by Crippen LogP contribution is -2.20. The first kappa shape index (κ1) is 18.8. The number of rotatable bonds is 7. The molecule has 2 aromatic carbocycles. The largest absolute Gasteiger partial charge is 0.497 e. The minimum absolute atomic E-state index is 0.0214. The zero-order valence-corrected chi connectivity index (χ0v) is 15.8. The van der Waals surface area contributed by atoms with Gasteiger partial charge in [0.05, 0.1) is 7.11 Å². The van der Waals surface area contributed by atoms with Crippen LogP contribution in [0.1, 0.15) is 40.4 Å². The van der Waals surface area contributed by atoms with Crippen molar-refractivity contribution in [1.82, 2.24) is 0 Å². The molecule has 2 aromatic rings. The molecular formula is C22H27NO2. The maximum Gasteiger partial charge on any atom is 0.193 e. The summed E-state index contributed by atoms with van der Waals surface area (Å²) in [5.74, 6) is 0.742. The second-order valence-corrected chi connectivity index (χ2v) is 6.36. The van der Waals surface area contributed by atoms with Crippen LogP contribution in [0.25, 0.3) is 5.57 Å². The van der Waals surface area contributed by atoms with Crippen molar-refractivity contribution in [2.45, 2.75) is 27.2 Å². The Morgan fingerprint density at radius 1 is 1.12 bits per heavy atom. The first-order valence-electron chi connectivity index (χ1n) is 8.60. The summed E-state index contributed by atoms with van der Waals surface area (Å²) in [4.78, 5) is 15.3. The van der Waals surface area contributed by atoms with Crippen LogP contribution in [-0.4, -0.2) is 26.5 Å². The number of hydrogen-bond acceptors (Lipinski definition) is 3. The van der Waals surface area contributed by atoms with Gasteiger partial charge in [-0.05, 0) is 55.2 Å². The Hall–Kier alpha value is -2.55. The molecule has 0 heterocycles. The second kappa shape index (κ2) is 8.02. The topological polar surface area (TPSA) is 29.5 Å². The molecule has 0 bridgehead atoms. The van der Waals surface area contributed by atoms with Crippen molar-refractivity contribution in [3.05, 3.63) is 65.2 Å². The molecule has 0 amide bonds. The van der Waals surface area contributed by atoms with Gasteiger partial charge in [0.1, 0.15) is 5.75 Å². The minimum atomic E-state index is -0.0214. The quantitative estimate of drug-likeness (QED) is 0.523. The van der Waals surface area contributed by atoms with Gasteiger partial charge >= 0.3 is 0 Å². The summed E-state index contributed by atoms with van der Waals surface area (Å²) >= 11 is 0. The SMILES string of the molecule is C=C(C(=O)c1c(C)ccc(N(C)CCC)c1C)c1ccc(OC)cc1. The third-order valence-corrected chi connectivity index (χ3v) is 4.55. The van der Waals surface area contributed by atoms with Crippen LogP contribution in [0.15, 0.2) is 43.0 Å². The number of carbonyl (C=O) groups is 1. The molecule has 0 saturated carbocycles. The van der Waals surface area contributed by atoms with Gasteiger partial charge in [0, 0.05) is 30.4 Å². The fourth-order valence-corrected chi connectivity index (χ4v) is 3.13. The van der Waals surface area contributed by atoms with Gasteiger partial charge in [-0.15, -0.1) is 0 Å². The zero-order chi connectivity index (χ0) is 18.6. The zero-order valence-electron chi connectivity index (χ0n) is 15.8. The Bertz CT molecular complexity index is 775. The number of carbonyl (C=O) groups excluding carboxylic acids is 1. The summed E-state index contributed by atoms with van der Waals surface area (Å²) in [6.45, 7) is 11.1. The Balaban J connectivity index is 2.40. The summed E-state index contributed by atoms with van der Waals surface area (Å²) in [5, 5.41) is 0. The fraction of sp³-hybridized carbons (Fsp3) is 0.318. The van der Waals surface area contributed by atoms with Crippen molar-refractivity contribution in [2.24, 2.45) is 0 Å². The van der Waals surface area contributed by atoms with E-state index in [0.717, 1.165) is 46.7 Å². The van der Waals surface area contributed by atoms with Crippen LogP contribution in [0.5, 0.6) is 5.75 Å². The summed E-state index contributed by atoms with van der Waals surface area (Å²) in [7, 11) is 3.69. The van der Waals surface area contributed by atoms with E-state index in [1.165, 1.54) is 0 Å². The molecule has 132 valence electrons. The minimum Gasteiger partial charge on any atom is -0.497 e. The van der Waals surface area contributed by atoms with E-state index in [9.17, 15) is 4.79 Å². The Morgan fingerprint density at radius 3 is 2.32 bits per heavy atom. The van der Waals surface area contributed by atoms with Gasteiger partial charge < -0.3 is 9.64 Å². The summed E-state index contributed by atoms with van der Waals surface area (Å²) in [6, 6.07) is 11.5. The molecular weight excluding hydrogens is 310 g/mol. The number of ether oxygens (including phenoxy) is 1. The molecule has 0 radical (unpaired) electrons.